The first-order chi connectivity index (χ1) is 8.19. The number of phenols is 1. The third kappa shape index (κ3) is 3.13. The summed E-state index contributed by atoms with van der Waals surface area (Å²) in [4.78, 5) is 2.47. The van der Waals surface area contributed by atoms with E-state index in [-0.39, 0.29) is 5.75 Å². The smallest absolute Gasteiger partial charge is 0.138 e. The molecule has 0 spiro atoms. The zero-order valence-corrected chi connectivity index (χ0v) is 10.5. The predicted octanol–water partition coefficient (Wildman–Crippen LogP) is 2.60. The van der Waals surface area contributed by atoms with Gasteiger partial charge in [0.25, 0.3) is 0 Å². The van der Waals surface area contributed by atoms with Crippen molar-refractivity contribution in [3.05, 3.63) is 23.8 Å². The van der Waals surface area contributed by atoms with Crippen LogP contribution in [0.3, 0.4) is 0 Å². The summed E-state index contributed by atoms with van der Waals surface area (Å²) in [6, 6.07) is 5.52. The second-order valence-electron chi connectivity index (χ2n) is 5.02. The second-order valence-corrected chi connectivity index (χ2v) is 5.02. The number of rotatable bonds is 3. The SMILES string of the molecule is CCC1CCN(Cc2ccc(O)c(N)c2)CC1. The minimum Gasteiger partial charge on any atom is -0.506 e. The Morgan fingerprint density at radius 3 is 2.65 bits per heavy atom. The Morgan fingerprint density at radius 2 is 2.06 bits per heavy atom. The molecular weight excluding hydrogens is 212 g/mol. The zero-order valence-electron chi connectivity index (χ0n) is 10.5. The first kappa shape index (κ1) is 12.2. The van der Waals surface area contributed by atoms with Gasteiger partial charge in [-0.15, -0.1) is 0 Å². The van der Waals surface area contributed by atoms with Crippen LogP contribution in [0.25, 0.3) is 0 Å². The number of hydrogen-bond acceptors (Lipinski definition) is 3. The Bertz CT molecular complexity index is 370. The molecule has 0 radical (unpaired) electrons. The van der Waals surface area contributed by atoms with Gasteiger partial charge in [-0.2, -0.15) is 0 Å². The first-order valence-corrected chi connectivity index (χ1v) is 6.48. The van der Waals surface area contributed by atoms with E-state index in [1.54, 1.807) is 6.07 Å². The zero-order chi connectivity index (χ0) is 12.3. The molecule has 94 valence electrons. The molecule has 1 fully saturated rings. The molecule has 3 nitrogen and oxygen atoms in total. The van der Waals surface area contributed by atoms with E-state index in [0.29, 0.717) is 5.69 Å². The number of nitrogen functional groups attached to an aromatic ring is 1. The quantitative estimate of drug-likeness (QED) is 0.624. The summed E-state index contributed by atoms with van der Waals surface area (Å²) >= 11 is 0. The lowest BCUT2D eigenvalue weighted by Crippen LogP contribution is -2.32. The highest BCUT2D eigenvalue weighted by molar-refractivity contribution is 5.53. The number of nitrogens with two attached hydrogens (primary N) is 1. The highest BCUT2D eigenvalue weighted by Crippen LogP contribution is 2.24. The standard InChI is InChI=1S/C14H22N2O/c1-2-11-5-7-16(8-6-11)10-12-3-4-14(17)13(15)9-12/h3-4,9,11,17H,2,5-8,10,15H2,1H3. The molecule has 1 aromatic carbocycles. The molecule has 1 aromatic rings. The summed E-state index contributed by atoms with van der Waals surface area (Å²) in [5, 5.41) is 9.38. The number of hydrogen-bond donors (Lipinski definition) is 2. The van der Waals surface area contributed by atoms with Gasteiger partial charge in [0.1, 0.15) is 5.75 Å². The van der Waals surface area contributed by atoms with Gasteiger partial charge in [0.05, 0.1) is 5.69 Å². The maximum atomic E-state index is 9.38. The topological polar surface area (TPSA) is 49.5 Å². The molecule has 0 amide bonds. The van der Waals surface area contributed by atoms with Crippen LogP contribution in [0.15, 0.2) is 18.2 Å². The van der Waals surface area contributed by atoms with Crippen LogP contribution in [-0.2, 0) is 6.54 Å². The predicted molar refractivity (Wildman–Crippen MR) is 70.8 cm³/mol. The third-order valence-corrected chi connectivity index (χ3v) is 3.78. The molecule has 1 aliphatic heterocycles. The summed E-state index contributed by atoms with van der Waals surface area (Å²) < 4.78 is 0. The van der Waals surface area contributed by atoms with Crippen molar-refractivity contribution in [3.63, 3.8) is 0 Å². The second kappa shape index (κ2) is 5.41. The maximum Gasteiger partial charge on any atom is 0.138 e. The van der Waals surface area contributed by atoms with Crippen molar-refractivity contribution < 1.29 is 5.11 Å². The van der Waals surface area contributed by atoms with Crippen molar-refractivity contribution in [2.24, 2.45) is 5.92 Å². The molecule has 0 unspecified atom stereocenters. The van der Waals surface area contributed by atoms with Crippen LogP contribution in [0.2, 0.25) is 0 Å². The van der Waals surface area contributed by atoms with E-state index in [1.165, 1.54) is 37.9 Å². The number of anilines is 1. The average molecular weight is 234 g/mol. The van der Waals surface area contributed by atoms with Gasteiger partial charge in [0.15, 0.2) is 0 Å². The Labute approximate surface area is 103 Å². The van der Waals surface area contributed by atoms with Crippen LogP contribution in [-0.4, -0.2) is 23.1 Å². The lowest BCUT2D eigenvalue weighted by Gasteiger charge is -2.31. The first-order valence-electron chi connectivity index (χ1n) is 6.48. The van der Waals surface area contributed by atoms with Crippen LogP contribution in [0.5, 0.6) is 5.75 Å². The minimum absolute atomic E-state index is 0.179. The fourth-order valence-corrected chi connectivity index (χ4v) is 2.51. The largest absolute Gasteiger partial charge is 0.506 e. The fraction of sp³-hybridized carbons (Fsp3) is 0.571. The van der Waals surface area contributed by atoms with Crippen LogP contribution >= 0.6 is 0 Å². The summed E-state index contributed by atoms with van der Waals surface area (Å²) in [5.41, 5.74) is 7.37. The highest BCUT2D eigenvalue weighted by Gasteiger charge is 2.17. The summed E-state index contributed by atoms with van der Waals surface area (Å²) in [7, 11) is 0. The molecule has 3 N–H and O–H groups in total. The number of piperidine rings is 1. The van der Waals surface area contributed by atoms with E-state index in [1.807, 2.05) is 12.1 Å². The Morgan fingerprint density at radius 1 is 1.35 bits per heavy atom. The van der Waals surface area contributed by atoms with Gasteiger partial charge >= 0.3 is 0 Å². The van der Waals surface area contributed by atoms with Gasteiger partial charge in [-0.25, -0.2) is 0 Å². The van der Waals surface area contributed by atoms with Gasteiger partial charge in [-0.1, -0.05) is 19.4 Å². The van der Waals surface area contributed by atoms with Crippen molar-refractivity contribution in [3.8, 4) is 5.75 Å². The maximum absolute atomic E-state index is 9.38. The summed E-state index contributed by atoms with van der Waals surface area (Å²) in [6.45, 7) is 5.58. The fourth-order valence-electron chi connectivity index (χ4n) is 2.51. The molecule has 0 atom stereocenters. The van der Waals surface area contributed by atoms with Crippen molar-refractivity contribution in [1.29, 1.82) is 0 Å². The van der Waals surface area contributed by atoms with Gasteiger partial charge < -0.3 is 10.8 Å². The molecular formula is C14H22N2O. The molecule has 2 rings (SSSR count). The van der Waals surface area contributed by atoms with E-state index >= 15 is 0 Å². The lowest BCUT2D eigenvalue weighted by atomic mass is 9.94. The van der Waals surface area contributed by atoms with E-state index in [2.05, 4.69) is 11.8 Å². The van der Waals surface area contributed by atoms with Crippen molar-refractivity contribution in [2.75, 3.05) is 18.8 Å². The van der Waals surface area contributed by atoms with Gasteiger partial charge in [0, 0.05) is 6.54 Å². The molecule has 0 saturated carbocycles. The molecule has 1 saturated heterocycles. The monoisotopic (exact) mass is 234 g/mol. The molecule has 3 heteroatoms. The van der Waals surface area contributed by atoms with Gasteiger partial charge in [-0.3, -0.25) is 4.90 Å². The highest BCUT2D eigenvalue weighted by atomic mass is 16.3. The van der Waals surface area contributed by atoms with E-state index in [4.69, 9.17) is 5.73 Å². The van der Waals surface area contributed by atoms with Crippen molar-refractivity contribution >= 4 is 5.69 Å². The number of phenolic OH excluding ortho intramolecular Hbond substituents is 1. The summed E-state index contributed by atoms with van der Waals surface area (Å²) in [5.74, 6) is 1.09. The van der Waals surface area contributed by atoms with Gasteiger partial charge in [0.2, 0.25) is 0 Å². The van der Waals surface area contributed by atoms with Crippen LogP contribution in [0.1, 0.15) is 31.7 Å². The van der Waals surface area contributed by atoms with E-state index in [0.717, 1.165) is 12.5 Å². The minimum atomic E-state index is 0.179. The van der Waals surface area contributed by atoms with Crippen molar-refractivity contribution in [2.45, 2.75) is 32.7 Å². The number of likely N-dealkylation sites (tertiary alicyclic amines) is 1. The van der Waals surface area contributed by atoms with Crippen LogP contribution < -0.4 is 5.73 Å². The number of aromatic hydroxyl groups is 1. The molecule has 17 heavy (non-hydrogen) atoms. The Balaban J connectivity index is 1.91. The molecule has 1 aliphatic rings. The van der Waals surface area contributed by atoms with Crippen molar-refractivity contribution in [1.82, 2.24) is 4.90 Å². The Hall–Kier alpha value is -1.22. The number of nitrogens with zero attached hydrogens (tertiary/aromatic N) is 1. The lowest BCUT2D eigenvalue weighted by molar-refractivity contribution is 0.175. The normalized spacial score (nSPS) is 18.4. The molecule has 0 aliphatic carbocycles. The number of benzene rings is 1. The molecule has 1 heterocycles. The van der Waals surface area contributed by atoms with E-state index < -0.39 is 0 Å². The molecule has 0 aromatic heterocycles. The average Bonchev–Trinajstić information content (AvgIpc) is 2.35. The van der Waals surface area contributed by atoms with Crippen LogP contribution in [0.4, 0.5) is 5.69 Å². The summed E-state index contributed by atoms with van der Waals surface area (Å²) in [6.07, 6.45) is 3.92. The third-order valence-electron chi connectivity index (χ3n) is 3.78. The van der Waals surface area contributed by atoms with Gasteiger partial charge in [-0.05, 0) is 49.5 Å². The Kier molecular flexibility index (Phi) is 3.89. The van der Waals surface area contributed by atoms with E-state index in [9.17, 15) is 5.11 Å². The van der Waals surface area contributed by atoms with Crippen LogP contribution in [0, 0.1) is 5.92 Å². The molecule has 0 bridgehead atoms.